The summed E-state index contributed by atoms with van der Waals surface area (Å²) in [6.45, 7) is 2.68. The number of alkyl halides is 1. The maximum Gasteiger partial charge on any atom is 0.135 e. The topological polar surface area (TPSA) is 20.2 Å². The van der Waals surface area contributed by atoms with E-state index in [-0.39, 0.29) is 0 Å². The lowest BCUT2D eigenvalue weighted by atomic mass is 9.97. The van der Waals surface area contributed by atoms with Gasteiger partial charge < -0.3 is 5.11 Å². The van der Waals surface area contributed by atoms with E-state index < -0.39 is 11.8 Å². The maximum atomic E-state index is 13.3. The molecule has 1 atom stereocenters. The number of benzene rings is 1. The van der Waals surface area contributed by atoms with E-state index in [0.29, 0.717) is 10.6 Å². The first-order chi connectivity index (χ1) is 5.91. The molecule has 72 valence electrons. The van der Waals surface area contributed by atoms with Crippen LogP contribution in [0.4, 0.5) is 4.39 Å². The van der Waals surface area contributed by atoms with Crippen LogP contribution in [-0.4, -0.2) is 10.8 Å². The Labute approximate surface area is 82.2 Å². The van der Waals surface area contributed by atoms with Crippen LogP contribution in [0.2, 0.25) is 5.02 Å². The number of aliphatic hydroxyl groups is 1. The smallest absolute Gasteiger partial charge is 0.135 e. The van der Waals surface area contributed by atoms with Gasteiger partial charge in [0.25, 0.3) is 0 Å². The molecular weight excluding hydrogens is 191 g/mol. The zero-order valence-corrected chi connectivity index (χ0v) is 8.35. The number of aliphatic hydroxyl groups excluding tert-OH is 1. The fourth-order valence-electron chi connectivity index (χ4n) is 1.04. The van der Waals surface area contributed by atoms with Crippen LogP contribution in [0.3, 0.4) is 0 Å². The summed E-state index contributed by atoms with van der Waals surface area (Å²) in [6.07, 6.45) is -1.11. The molecular formula is C10H12ClFO. The predicted molar refractivity (Wildman–Crippen MR) is 51.6 cm³/mol. The highest BCUT2D eigenvalue weighted by atomic mass is 35.5. The number of halogens is 2. The van der Waals surface area contributed by atoms with Crippen molar-refractivity contribution in [1.29, 1.82) is 0 Å². The van der Waals surface area contributed by atoms with Crippen molar-refractivity contribution < 1.29 is 9.50 Å². The quantitative estimate of drug-likeness (QED) is 0.782. The standard InChI is InChI=1S/C10H12ClFO/c1-10(2,12)9(13)7-3-5-8(11)6-4-7/h3-6,9,13H,1-2H3. The van der Waals surface area contributed by atoms with Gasteiger partial charge in [0, 0.05) is 5.02 Å². The summed E-state index contributed by atoms with van der Waals surface area (Å²) in [5.41, 5.74) is -1.09. The molecule has 1 nitrogen and oxygen atoms in total. The van der Waals surface area contributed by atoms with Gasteiger partial charge in [0.1, 0.15) is 11.8 Å². The van der Waals surface area contributed by atoms with Crippen molar-refractivity contribution in [3.05, 3.63) is 34.9 Å². The molecule has 0 saturated carbocycles. The lowest BCUT2D eigenvalue weighted by molar-refractivity contribution is 0.0161. The lowest BCUT2D eigenvalue weighted by Gasteiger charge is -2.21. The summed E-state index contributed by atoms with van der Waals surface area (Å²) >= 11 is 5.66. The van der Waals surface area contributed by atoms with Crippen molar-refractivity contribution in [3.63, 3.8) is 0 Å². The van der Waals surface area contributed by atoms with E-state index in [9.17, 15) is 9.50 Å². The van der Waals surface area contributed by atoms with Crippen LogP contribution in [0.25, 0.3) is 0 Å². The minimum Gasteiger partial charge on any atom is -0.385 e. The number of hydrogen-bond acceptors (Lipinski definition) is 1. The molecule has 0 bridgehead atoms. The average molecular weight is 203 g/mol. The second-order valence-corrected chi connectivity index (χ2v) is 3.95. The zero-order chi connectivity index (χ0) is 10.1. The number of rotatable bonds is 2. The third-order valence-electron chi connectivity index (χ3n) is 1.84. The summed E-state index contributed by atoms with van der Waals surface area (Å²) in [7, 11) is 0. The Bertz CT molecular complexity index is 276. The lowest BCUT2D eigenvalue weighted by Crippen LogP contribution is -2.23. The van der Waals surface area contributed by atoms with Gasteiger partial charge in [-0.1, -0.05) is 23.7 Å². The Balaban J connectivity index is 2.90. The molecule has 1 unspecified atom stereocenters. The highest BCUT2D eigenvalue weighted by Crippen LogP contribution is 2.29. The summed E-state index contributed by atoms with van der Waals surface area (Å²) in [5, 5.41) is 10.1. The third kappa shape index (κ3) is 2.68. The summed E-state index contributed by atoms with van der Waals surface area (Å²) < 4.78 is 13.3. The molecule has 0 spiro atoms. The van der Waals surface area contributed by atoms with Crippen LogP contribution in [0.5, 0.6) is 0 Å². The van der Waals surface area contributed by atoms with E-state index in [4.69, 9.17) is 11.6 Å². The van der Waals surface area contributed by atoms with Gasteiger partial charge in [-0.2, -0.15) is 0 Å². The molecule has 0 saturated heterocycles. The van der Waals surface area contributed by atoms with E-state index >= 15 is 0 Å². The molecule has 3 heteroatoms. The van der Waals surface area contributed by atoms with E-state index in [1.807, 2.05) is 0 Å². The van der Waals surface area contributed by atoms with Crippen LogP contribution in [0.1, 0.15) is 25.5 Å². The fraction of sp³-hybridized carbons (Fsp3) is 0.400. The van der Waals surface area contributed by atoms with Gasteiger partial charge in [-0.3, -0.25) is 0 Å². The molecule has 13 heavy (non-hydrogen) atoms. The second-order valence-electron chi connectivity index (χ2n) is 3.52. The SMILES string of the molecule is CC(C)(F)C(O)c1ccc(Cl)cc1. The van der Waals surface area contributed by atoms with Crippen molar-refractivity contribution in [2.45, 2.75) is 25.6 Å². The monoisotopic (exact) mass is 202 g/mol. The highest BCUT2D eigenvalue weighted by molar-refractivity contribution is 6.30. The minimum atomic E-state index is -1.63. The van der Waals surface area contributed by atoms with Crippen molar-refractivity contribution in [2.75, 3.05) is 0 Å². The molecule has 0 aliphatic heterocycles. The van der Waals surface area contributed by atoms with Crippen LogP contribution in [0.15, 0.2) is 24.3 Å². The molecule has 1 aromatic rings. The van der Waals surface area contributed by atoms with Crippen LogP contribution in [-0.2, 0) is 0 Å². The molecule has 0 radical (unpaired) electrons. The van der Waals surface area contributed by atoms with E-state index in [1.165, 1.54) is 13.8 Å². The first-order valence-corrected chi connectivity index (χ1v) is 4.41. The van der Waals surface area contributed by atoms with Crippen LogP contribution >= 0.6 is 11.6 Å². The van der Waals surface area contributed by atoms with E-state index in [1.54, 1.807) is 24.3 Å². The molecule has 0 amide bonds. The molecule has 1 aromatic carbocycles. The van der Waals surface area contributed by atoms with Gasteiger partial charge in [0.2, 0.25) is 0 Å². The van der Waals surface area contributed by atoms with Crippen molar-refractivity contribution in [2.24, 2.45) is 0 Å². The fourth-order valence-corrected chi connectivity index (χ4v) is 1.17. The Morgan fingerprint density at radius 1 is 1.31 bits per heavy atom. The largest absolute Gasteiger partial charge is 0.385 e. The Kier molecular flexibility index (Phi) is 2.94. The number of hydrogen-bond donors (Lipinski definition) is 1. The molecule has 0 aliphatic rings. The molecule has 1 N–H and O–H groups in total. The van der Waals surface area contributed by atoms with Crippen molar-refractivity contribution in [1.82, 2.24) is 0 Å². The maximum absolute atomic E-state index is 13.3. The second kappa shape index (κ2) is 3.64. The molecule has 0 heterocycles. The van der Waals surface area contributed by atoms with Gasteiger partial charge in [-0.05, 0) is 31.5 Å². The first kappa shape index (κ1) is 10.5. The van der Waals surface area contributed by atoms with Crippen molar-refractivity contribution >= 4 is 11.6 Å². The van der Waals surface area contributed by atoms with Crippen LogP contribution in [0, 0.1) is 0 Å². The van der Waals surface area contributed by atoms with Gasteiger partial charge in [0.15, 0.2) is 0 Å². The van der Waals surface area contributed by atoms with Crippen molar-refractivity contribution in [3.8, 4) is 0 Å². The summed E-state index contributed by atoms with van der Waals surface area (Å²) in [6, 6.07) is 6.50. The Morgan fingerprint density at radius 3 is 2.15 bits per heavy atom. The molecule has 1 rings (SSSR count). The molecule has 0 fully saturated rings. The van der Waals surface area contributed by atoms with E-state index in [0.717, 1.165) is 0 Å². The average Bonchev–Trinajstić information content (AvgIpc) is 2.03. The Hall–Kier alpha value is -0.600. The molecule has 0 aliphatic carbocycles. The minimum absolute atomic E-state index is 0.539. The highest BCUT2D eigenvalue weighted by Gasteiger charge is 2.28. The zero-order valence-electron chi connectivity index (χ0n) is 7.59. The predicted octanol–water partition coefficient (Wildman–Crippen LogP) is 3.12. The van der Waals surface area contributed by atoms with Gasteiger partial charge in [0.05, 0.1) is 0 Å². The van der Waals surface area contributed by atoms with Crippen LogP contribution < -0.4 is 0 Å². The molecule has 0 aromatic heterocycles. The third-order valence-corrected chi connectivity index (χ3v) is 2.09. The summed E-state index contributed by atoms with van der Waals surface area (Å²) in [4.78, 5) is 0. The van der Waals surface area contributed by atoms with Gasteiger partial charge in [-0.15, -0.1) is 0 Å². The van der Waals surface area contributed by atoms with Gasteiger partial charge in [-0.25, -0.2) is 4.39 Å². The van der Waals surface area contributed by atoms with Gasteiger partial charge >= 0.3 is 0 Å². The normalized spacial score (nSPS) is 14.2. The Morgan fingerprint density at radius 2 is 1.77 bits per heavy atom. The van der Waals surface area contributed by atoms with E-state index in [2.05, 4.69) is 0 Å². The first-order valence-electron chi connectivity index (χ1n) is 4.03. The summed E-state index contributed by atoms with van der Waals surface area (Å²) in [5.74, 6) is 0.